The van der Waals surface area contributed by atoms with Crippen LogP contribution in [0, 0.1) is 6.92 Å². The molecule has 1 aromatic carbocycles. The molecule has 18 heavy (non-hydrogen) atoms. The van der Waals surface area contributed by atoms with Crippen molar-refractivity contribution in [3.63, 3.8) is 0 Å². The molecular weight excluding hydrogens is 230 g/mol. The first-order valence-corrected chi connectivity index (χ1v) is 5.51. The Morgan fingerprint density at radius 3 is 2.28 bits per heavy atom. The van der Waals surface area contributed by atoms with E-state index in [4.69, 9.17) is 9.47 Å². The van der Waals surface area contributed by atoms with Crippen molar-refractivity contribution in [3.8, 4) is 11.5 Å². The second kappa shape index (κ2) is 5.35. The van der Waals surface area contributed by atoms with Crippen molar-refractivity contribution >= 4 is 11.5 Å². The maximum Gasteiger partial charge on any atom is 0.134 e. The quantitative estimate of drug-likeness (QED) is 0.897. The Morgan fingerprint density at radius 2 is 1.72 bits per heavy atom. The van der Waals surface area contributed by atoms with Gasteiger partial charge in [0.25, 0.3) is 0 Å². The lowest BCUT2D eigenvalue weighted by atomic mass is 10.2. The van der Waals surface area contributed by atoms with Crippen molar-refractivity contribution in [1.82, 2.24) is 9.97 Å². The number of aromatic nitrogens is 2. The molecule has 5 nitrogen and oxygen atoms in total. The minimum absolute atomic E-state index is 0.717. The van der Waals surface area contributed by atoms with Gasteiger partial charge < -0.3 is 14.8 Å². The van der Waals surface area contributed by atoms with Crippen molar-refractivity contribution < 1.29 is 9.47 Å². The molecular formula is C13H15N3O2. The van der Waals surface area contributed by atoms with Gasteiger partial charge in [0, 0.05) is 30.1 Å². The van der Waals surface area contributed by atoms with Crippen LogP contribution < -0.4 is 14.8 Å². The molecule has 0 saturated carbocycles. The van der Waals surface area contributed by atoms with Gasteiger partial charge in [-0.3, -0.25) is 0 Å². The molecule has 0 aliphatic rings. The van der Waals surface area contributed by atoms with Crippen molar-refractivity contribution in [2.75, 3.05) is 19.5 Å². The number of rotatable bonds is 4. The number of ether oxygens (including phenoxy) is 2. The fraction of sp³-hybridized carbons (Fsp3) is 0.231. The Labute approximate surface area is 106 Å². The van der Waals surface area contributed by atoms with Gasteiger partial charge in [0.15, 0.2) is 0 Å². The van der Waals surface area contributed by atoms with Gasteiger partial charge in [0.05, 0.1) is 14.2 Å². The van der Waals surface area contributed by atoms with Gasteiger partial charge in [0.1, 0.15) is 23.1 Å². The van der Waals surface area contributed by atoms with Crippen LogP contribution in [0.1, 0.15) is 5.82 Å². The highest BCUT2D eigenvalue weighted by Gasteiger charge is 2.03. The Morgan fingerprint density at radius 1 is 1.06 bits per heavy atom. The van der Waals surface area contributed by atoms with Crippen LogP contribution in [0.2, 0.25) is 0 Å². The van der Waals surface area contributed by atoms with Crippen LogP contribution in [-0.4, -0.2) is 24.2 Å². The summed E-state index contributed by atoms with van der Waals surface area (Å²) in [5.41, 5.74) is 0.851. The predicted octanol–water partition coefficient (Wildman–Crippen LogP) is 2.55. The summed E-state index contributed by atoms with van der Waals surface area (Å²) in [6.07, 6.45) is 1.71. The van der Waals surface area contributed by atoms with Crippen molar-refractivity contribution in [1.29, 1.82) is 0 Å². The first kappa shape index (κ1) is 12.2. The van der Waals surface area contributed by atoms with Gasteiger partial charge in [-0.25, -0.2) is 9.97 Å². The molecule has 0 radical (unpaired) electrons. The van der Waals surface area contributed by atoms with Gasteiger partial charge in [-0.1, -0.05) is 0 Å². The minimum Gasteiger partial charge on any atom is -0.497 e. The lowest BCUT2D eigenvalue weighted by Crippen LogP contribution is -1.97. The Hall–Kier alpha value is -2.30. The van der Waals surface area contributed by atoms with Gasteiger partial charge in [-0.05, 0) is 13.0 Å². The molecule has 1 aromatic heterocycles. The maximum atomic E-state index is 5.21. The summed E-state index contributed by atoms with van der Waals surface area (Å²) in [6.45, 7) is 1.84. The van der Waals surface area contributed by atoms with Crippen LogP contribution in [0.5, 0.6) is 11.5 Å². The summed E-state index contributed by atoms with van der Waals surface area (Å²) < 4.78 is 10.4. The van der Waals surface area contributed by atoms with E-state index in [0.29, 0.717) is 0 Å². The molecule has 0 amide bonds. The molecule has 0 unspecified atom stereocenters. The molecule has 0 spiro atoms. The molecule has 5 heteroatoms. The van der Waals surface area contributed by atoms with E-state index >= 15 is 0 Å². The third kappa shape index (κ3) is 2.88. The van der Waals surface area contributed by atoms with E-state index < -0.39 is 0 Å². The third-order valence-electron chi connectivity index (χ3n) is 2.40. The van der Waals surface area contributed by atoms with Crippen LogP contribution >= 0.6 is 0 Å². The number of nitrogens with zero attached hydrogens (tertiary/aromatic N) is 2. The summed E-state index contributed by atoms with van der Waals surface area (Å²) in [7, 11) is 3.24. The summed E-state index contributed by atoms with van der Waals surface area (Å²) >= 11 is 0. The summed E-state index contributed by atoms with van der Waals surface area (Å²) in [5, 5.41) is 3.18. The fourth-order valence-corrected chi connectivity index (χ4v) is 1.55. The van der Waals surface area contributed by atoms with E-state index in [1.165, 1.54) is 0 Å². The zero-order valence-corrected chi connectivity index (χ0v) is 10.6. The molecule has 2 aromatic rings. The van der Waals surface area contributed by atoms with Gasteiger partial charge in [-0.15, -0.1) is 0 Å². The number of hydrogen-bond acceptors (Lipinski definition) is 5. The highest BCUT2D eigenvalue weighted by Crippen LogP contribution is 2.27. The molecule has 0 atom stereocenters. The second-order valence-electron chi connectivity index (χ2n) is 3.72. The number of methoxy groups -OCH3 is 2. The Balaban J connectivity index is 2.28. The molecule has 94 valence electrons. The molecule has 1 N–H and O–H groups in total. The maximum absolute atomic E-state index is 5.21. The zero-order chi connectivity index (χ0) is 13.0. The Kier molecular flexibility index (Phi) is 3.62. The Bertz CT molecular complexity index is 521. The normalized spacial score (nSPS) is 9.94. The minimum atomic E-state index is 0.717. The van der Waals surface area contributed by atoms with Gasteiger partial charge in [0.2, 0.25) is 0 Å². The number of hydrogen-bond donors (Lipinski definition) is 1. The van der Waals surface area contributed by atoms with Crippen molar-refractivity contribution in [2.24, 2.45) is 0 Å². The van der Waals surface area contributed by atoms with Gasteiger partial charge >= 0.3 is 0 Å². The molecule has 0 saturated heterocycles. The van der Waals surface area contributed by atoms with E-state index in [1.807, 2.05) is 25.1 Å². The van der Waals surface area contributed by atoms with Crippen LogP contribution in [0.25, 0.3) is 0 Å². The van der Waals surface area contributed by atoms with Crippen LogP contribution in [0.15, 0.2) is 30.5 Å². The number of nitrogens with one attached hydrogen (secondary N) is 1. The van der Waals surface area contributed by atoms with E-state index in [0.717, 1.165) is 28.8 Å². The average Bonchev–Trinajstić information content (AvgIpc) is 2.38. The van der Waals surface area contributed by atoms with Crippen LogP contribution in [0.3, 0.4) is 0 Å². The fourth-order valence-electron chi connectivity index (χ4n) is 1.55. The van der Waals surface area contributed by atoms with E-state index in [-0.39, 0.29) is 0 Å². The number of aryl methyl sites for hydroxylation is 1. The smallest absolute Gasteiger partial charge is 0.134 e. The molecule has 0 aliphatic carbocycles. The summed E-state index contributed by atoms with van der Waals surface area (Å²) in [6, 6.07) is 7.37. The zero-order valence-electron chi connectivity index (χ0n) is 10.6. The second-order valence-corrected chi connectivity index (χ2v) is 3.72. The third-order valence-corrected chi connectivity index (χ3v) is 2.40. The van der Waals surface area contributed by atoms with Crippen molar-refractivity contribution in [2.45, 2.75) is 6.92 Å². The topological polar surface area (TPSA) is 56.3 Å². The summed E-state index contributed by atoms with van der Waals surface area (Å²) in [5.74, 6) is 2.90. The first-order valence-electron chi connectivity index (χ1n) is 5.51. The van der Waals surface area contributed by atoms with Crippen molar-refractivity contribution in [3.05, 3.63) is 36.3 Å². The van der Waals surface area contributed by atoms with Crippen LogP contribution in [0.4, 0.5) is 11.5 Å². The van der Waals surface area contributed by atoms with E-state index in [2.05, 4.69) is 15.3 Å². The highest BCUT2D eigenvalue weighted by molar-refractivity contribution is 5.60. The van der Waals surface area contributed by atoms with E-state index in [9.17, 15) is 0 Å². The summed E-state index contributed by atoms with van der Waals surface area (Å²) in [4.78, 5) is 8.32. The molecule has 0 bridgehead atoms. The average molecular weight is 245 g/mol. The lowest BCUT2D eigenvalue weighted by molar-refractivity contribution is 0.395. The number of anilines is 2. The SMILES string of the molecule is COc1cc(Nc2ccnc(C)n2)cc(OC)c1. The first-order chi connectivity index (χ1) is 8.71. The number of benzene rings is 1. The molecule has 0 aliphatic heterocycles. The van der Waals surface area contributed by atoms with Gasteiger partial charge in [-0.2, -0.15) is 0 Å². The molecule has 2 rings (SSSR count). The highest BCUT2D eigenvalue weighted by atomic mass is 16.5. The monoisotopic (exact) mass is 245 g/mol. The molecule has 1 heterocycles. The van der Waals surface area contributed by atoms with Crippen LogP contribution in [-0.2, 0) is 0 Å². The molecule has 0 fully saturated rings. The standard InChI is InChI=1S/C13H15N3O2/c1-9-14-5-4-13(15-9)16-10-6-11(17-2)8-12(7-10)18-3/h4-8H,1-3H3,(H,14,15,16). The van der Waals surface area contributed by atoms with E-state index in [1.54, 1.807) is 26.5 Å². The largest absolute Gasteiger partial charge is 0.497 e. The predicted molar refractivity (Wildman–Crippen MR) is 69.6 cm³/mol. The lowest BCUT2D eigenvalue weighted by Gasteiger charge is -2.10.